The maximum Gasteiger partial charge on any atom is 0.239 e. The van der Waals surface area contributed by atoms with Gasteiger partial charge in [-0.2, -0.15) is 5.11 Å². The molecule has 0 saturated heterocycles. The third-order valence-corrected chi connectivity index (χ3v) is 4.40. The molecule has 0 fully saturated rings. The second-order valence-electron chi connectivity index (χ2n) is 6.14. The van der Waals surface area contributed by atoms with Crippen LogP contribution in [-0.4, -0.2) is 17.9 Å². The SMILES string of the molecule is CC1(C)N=NC(OCC(=O)c2ccccc2)=C1c1ccc(Cl)cc1Cl. The van der Waals surface area contributed by atoms with Gasteiger partial charge in [0.1, 0.15) is 5.54 Å². The van der Waals surface area contributed by atoms with Crippen LogP contribution in [0.4, 0.5) is 0 Å². The average Bonchev–Trinajstić information content (AvgIpc) is 2.88. The van der Waals surface area contributed by atoms with E-state index in [0.29, 0.717) is 21.5 Å². The number of azo groups is 1. The molecule has 25 heavy (non-hydrogen) atoms. The number of hydrogen-bond donors (Lipinski definition) is 0. The minimum atomic E-state index is -0.609. The number of ketones is 1. The number of ether oxygens (including phenoxy) is 1. The maximum absolute atomic E-state index is 12.3. The fraction of sp³-hybridized carbons (Fsp3) is 0.211. The van der Waals surface area contributed by atoms with E-state index in [1.165, 1.54) is 0 Å². The molecule has 0 saturated carbocycles. The van der Waals surface area contributed by atoms with Gasteiger partial charge in [0.25, 0.3) is 0 Å². The summed E-state index contributed by atoms with van der Waals surface area (Å²) in [6.45, 7) is 3.70. The van der Waals surface area contributed by atoms with Crippen molar-refractivity contribution >= 4 is 34.6 Å². The molecular formula is C19H16Cl2N2O2. The minimum absolute atomic E-state index is 0.122. The van der Waals surface area contributed by atoms with Gasteiger partial charge in [0, 0.05) is 21.2 Å². The van der Waals surface area contributed by atoms with Crippen LogP contribution in [0, 0.1) is 0 Å². The van der Waals surface area contributed by atoms with Crippen LogP contribution in [-0.2, 0) is 4.74 Å². The number of nitrogens with zero attached hydrogens (tertiary/aromatic N) is 2. The highest BCUT2D eigenvalue weighted by Gasteiger charge is 2.35. The number of rotatable bonds is 5. The maximum atomic E-state index is 12.3. The van der Waals surface area contributed by atoms with E-state index in [9.17, 15) is 4.79 Å². The monoisotopic (exact) mass is 374 g/mol. The zero-order valence-corrected chi connectivity index (χ0v) is 15.3. The Morgan fingerprint density at radius 2 is 1.84 bits per heavy atom. The summed E-state index contributed by atoms with van der Waals surface area (Å²) in [5, 5.41) is 9.39. The lowest BCUT2D eigenvalue weighted by molar-refractivity contribution is 0.0861. The van der Waals surface area contributed by atoms with Crippen LogP contribution in [0.3, 0.4) is 0 Å². The number of halogens is 2. The normalized spacial score (nSPS) is 15.5. The van der Waals surface area contributed by atoms with E-state index >= 15 is 0 Å². The summed E-state index contributed by atoms with van der Waals surface area (Å²) >= 11 is 12.3. The second kappa shape index (κ2) is 6.98. The van der Waals surface area contributed by atoms with Crippen molar-refractivity contribution in [2.75, 3.05) is 6.61 Å². The van der Waals surface area contributed by atoms with E-state index in [4.69, 9.17) is 27.9 Å². The molecule has 4 nitrogen and oxygen atoms in total. The Bertz CT molecular complexity index is 874. The number of carbonyl (C=O) groups is 1. The zero-order chi connectivity index (χ0) is 18.0. The van der Waals surface area contributed by atoms with Gasteiger partial charge in [-0.15, -0.1) is 5.11 Å². The molecule has 1 aliphatic rings. The molecule has 0 aliphatic carbocycles. The summed E-state index contributed by atoms with van der Waals surface area (Å²) < 4.78 is 5.69. The fourth-order valence-corrected chi connectivity index (χ4v) is 3.11. The Morgan fingerprint density at radius 3 is 2.52 bits per heavy atom. The molecule has 0 bridgehead atoms. The quantitative estimate of drug-likeness (QED) is 0.620. The Kier molecular flexibility index (Phi) is 4.93. The molecule has 0 spiro atoms. The molecule has 0 radical (unpaired) electrons. The van der Waals surface area contributed by atoms with E-state index in [1.54, 1.807) is 30.3 Å². The second-order valence-corrected chi connectivity index (χ2v) is 6.98. The van der Waals surface area contributed by atoms with Gasteiger partial charge in [-0.25, -0.2) is 0 Å². The number of Topliss-reactive ketones (excluding diaryl/α,β-unsaturated/α-hetero) is 1. The standard InChI is InChI=1S/C19H16Cl2N2O2/c1-19(2)17(14-9-8-13(20)10-15(14)21)18(22-23-19)25-11-16(24)12-6-4-3-5-7-12/h3-10H,11H2,1-2H3. The lowest BCUT2D eigenvalue weighted by Gasteiger charge is -2.19. The molecule has 1 aliphatic heterocycles. The lowest BCUT2D eigenvalue weighted by Crippen LogP contribution is -2.17. The van der Waals surface area contributed by atoms with Crippen molar-refractivity contribution in [1.29, 1.82) is 0 Å². The molecule has 0 unspecified atom stereocenters. The highest BCUT2D eigenvalue weighted by Crippen LogP contribution is 2.42. The predicted octanol–water partition coefficient (Wildman–Crippen LogP) is 5.81. The van der Waals surface area contributed by atoms with Crippen molar-refractivity contribution in [1.82, 2.24) is 0 Å². The predicted molar refractivity (Wildman–Crippen MR) is 99.0 cm³/mol. The van der Waals surface area contributed by atoms with E-state index in [2.05, 4.69) is 10.2 Å². The molecule has 1 heterocycles. The van der Waals surface area contributed by atoms with Crippen molar-refractivity contribution in [2.45, 2.75) is 19.4 Å². The molecule has 0 aromatic heterocycles. The zero-order valence-electron chi connectivity index (χ0n) is 13.8. The summed E-state index contributed by atoms with van der Waals surface area (Å²) in [5.41, 5.74) is 1.45. The van der Waals surface area contributed by atoms with Crippen LogP contribution in [0.1, 0.15) is 29.8 Å². The lowest BCUT2D eigenvalue weighted by atomic mass is 9.90. The van der Waals surface area contributed by atoms with E-state index in [0.717, 1.165) is 11.1 Å². The average molecular weight is 375 g/mol. The van der Waals surface area contributed by atoms with Gasteiger partial charge in [-0.1, -0.05) is 59.6 Å². The molecule has 2 aromatic carbocycles. The van der Waals surface area contributed by atoms with Crippen molar-refractivity contribution in [3.63, 3.8) is 0 Å². The fourth-order valence-electron chi connectivity index (χ4n) is 2.61. The van der Waals surface area contributed by atoms with Gasteiger partial charge in [0.15, 0.2) is 12.4 Å². The van der Waals surface area contributed by atoms with Crippen LogP contribution in [0.25, 0.3) is 5.57 Å². The first-order valence-corrected chi connectivity index (χ1v) is 8.48. The highest BCUT2D eigenvalue weighted by atomic mass is 35.5. The third kappa shape index (κ3) is 3.75. The summed E-state index contributed by atoms with van der Waals surface area (Å²) in [6.07, 6.45) is 0. The van der Waals surface area contributed by atoms with Crippen molar-refractivity contribution in [2.24, 2.45) is 10.2 Å². The summed E-state index contributed by atoms with van der Waals surface area (Å²) in [5.74, 6) is 0.174. The molecular weight excluding hydrogens is 359 g/mol. The van der Waals surface area contributed by atoms with Crippen molar-refractivity contribution < 1.29 is 9.53 Å². The molecule has 0 atom stereocenters. The van der Waals surface area contributed by atoms with Crippen LogP contribution >= 0.6 is 23.2 Å². The van der Waals surface area contributed by atoms with Crippen LogP contribution < -0.4 is 0 Å². The molecule has 0 N–H and O–H groups in total. The van der Waals surface area contributed by atoms with E-state index in [-0.39, 0.29) is 12.4 Å². The molecule has 6 heteroatoms. The smallest absolute Gasteiger partial charge is 0.239 e. The topological polar surface area (TPSA) is 51.0 Å². The van der Waals surface area contributed by atoms with Crippen LogP contribution in [0.5, 0.6) is 0 Å². The first kappa shape index (κ1) is 17.6. The van der Waals surface area contributed by atoms with Gasteiger partial charge < -0.3 is 4.74 Å². The van der Waals surface area contributed by atoms with Crippen molar-refractivity contribution in [3.05, 3.63) is 75.6 Å². The number of carbonyl (C=O) groups excluding carboxylic acids is 1. The Labute approximate surface area is 156 Å². The van der Waals surface area contributed by atoms with Gasteiger partial charge >= 0.3 is 0 Å². The molecule has 0 amide bonds. The minimum Gasteiger partial charge on any atom is -0.468 e. The van der Waals surface area contributed by atoms with E-state index in [1.807, 2.05) is 32.0 Å². The first-order valence-electron chi connectivity index (χ1n) is 7.72. The Morgan fingerprint density at radius 1 is 1.12 bits per heavy atom. The Hall–Kier alpha value is -2.17. The van der Waals surface area contributed by atoms with Crippen LogP contribution in [0.15, 0.2) is 64.6 Å². The van der Waals surface area contributed by atoms with Gasteiger partial charge in [-0.05, 0) is 26.0 Å². The van der Waals surface area contributed by atoms with E-state index < -0.39 is 5.54 Å². The Balaban J connectivity index is 1.89. The van der Waals surface area contributed by atoms with Gasteiger partial charge in [0.05, 0.1) is 5.57 Å². The molecule has 3 rings (SSSR count). The van der Waals surface area contributed by atoms with Crippen molar-refractivity contribution in [3.8, 4) is 0 Å². The largest absolute Gasteiger partial charge is 0.468 e. The number of hydrogen-bond acceptors (Lipinski definition) is 4. The van der Waals surface area contributed by atoms with Crippen LogP contribution in [0.2, 0.25) is 10.0 Å². The third-order valence-electron chi connectivity index (χ3n) is 3.85. The first-order chi connectivity index (χ1) is 11.9. The number of benzene rings is 2. The summed E-state index contributed by atoms with van der Waals surface area (Å²) in [4.78, 5) is 12.3. The highest BCUT2D eigenvalue weighted by molar-refractivity contribution is 6.35. The molecule has 128 valence electrons. The summed E-state index contributed by atoms with van der Waals surface area (Å²) in [7, 11) is 0. The molecule has 2 aromatic rings. The van der Waals surface area contributed by atoms with Gasteiger partial charge in [-0.3, -0.25) is 4.79 Å². The summed E-state index contributed by atoms with van der Waals surface area (Å²) in [6, 6.07) is 14.2. The van der Waals surface area contributed by atoms with Gasteiger partial charge in [0.2, 0.25) is 5.88 Å².